The Hall–Kier alpha value is -4.30. The van der Waals surface area contributed by atoms with E-state index in [1.165, 1.54) is 44.4 Å². The maximum absolute atomic E-state index is 13.1. The van der Waals surface area contributed by atoms with Crippen LogP contribution < -0.4 is 29.6 Å². The van der Waals surface area contributed by atoms with E-state index in [9.17, 15) is 9.59 Å². The fourth-order valence-corrected chi connectivity index (χ4v) is 4.92. The van der Waals surface area contributed by atoms with E-state index in [4.69, 9.17) is 18.9 Å². The number of ether oxygens (including phenoxy) is 4. The predicted octanol–water partition coefficient (Wildman–Crippen LogP) is 3.42. The fraction of sp³-hybridized carbons (Fsp3) is 0.240. The molecule has 0 fully saturated rings. The maximum atomic E-state index is 13.1. The van der Waals surface area contributed by atoms with Gasteiger partial charge in [-0.05, 0) is 24.3 Å². The van der Waals surface area contributed by atoms with Crippen molar-refractivity contribution in [3.05, 3.63) is 59.4 Å². The van der Waals surface area contributed by atoms with Gasteiger partial charge in [0.1, 0.15) is 5.75 Å². The minimum atomic E-state index is -0.388. The van der Waals surface area contributed by atoms with Crippen LogP contribution in [-0.4, -0.2) is 65.8 Å². The molecule has 2 N–H and O–H groups in total. The van der Waals surface area contributed by atoms with Crippen molar-refractivity contribution >= 4 is 40.0 Å². The second kappa shape index (κ2) is 13.0. The molecule has 0 radical (unpaired) electrons. The number of carbonyl (C=O) groups excluding carboxylic acids is 2. The number of methoxy groups -OCH3 is 4. The first-order valence-electron chi connectivity index (χ1n) is 11.5. The summed E-state index contributed by atoms with van der Waals surface area (Å²) in [6.45, 7) is 0.0341. The number of aromatic nitrogens is 4. The van der Waals surface area contributed by atoms with E-state index in [0.29, 0.717) is 50.4 Å². The van der Waals surface area contributed by atoms with Crippen molar-refractivity contribution in [3.63, 3.8) is 0 Å². The number of carbonyl (C=O) groups is 2. The summed E-state index contributed by atoms with van der Waals surface area (Å²) >= 11 is 2.53. The van der Waals surface area contributed by atoms with Gasteiger partial charge in [0.2, 0.25) is 11.7 Å². The lowest BCUT2D eigenvalue weighted by Gasteiger charge is -2.15. The number of thiazole rings is 1. The molecule has 0 unspecified atom stereocenters. The smallest absolute Gasteiger partial charge is 0.251 e. The van der Waals surface area contributed by atoms with Gasteiger partial charge in [0.25, 0.3) is 5.91 Å². The number of para-hydroxylation sites is 2. The van der Waals surface area contributed by atoms with Crippen LogP contribution in [0.3, 0.4) is 0 Å². The third-order valence-electron chi connectivity index (χ3n) is 5.37. The third-order valence-corrected chi connectivity index (χ3v) is 6.99. The summed E-state index contributed by atoms with van der Waals surface area (Å²) in [6.07, 6.45) is 1.62. The fourth-order valence-electron chi connectivity index (χ4n) is 3.61. The number of nitrogens with zero attached hydrogens (tertiary/aromatic N) is 4. The van der Waals surface area contributed by atoms with Crippen LogP contribution in [0.1, 0.15) is 16.2 Å². The molecule has 4 rings (SSSR count). The van der Waals surface area contributed by atoms with Crippen molar-refractivity contribution in [2.45, 2.75) is 11.7 Å². The Morgan fingerprint density at radius 1 is 0.974 bits per heavy atom. The van der Waals surface area contributed by atoms with Crippen molar-refractivity contribution in [2.24, 2.45) is 0 Å². The van der Waals surface area contributed by atoms with E-state index >= 15 is 0 Å². The highest BCUT2D eigenvalue weighted by molar-refractivity contribution is 7.99. The summed E-state index contributed by atoms with van der Waals surface area (Å²) in [6, 6.07) is 10.4. The van der Waals surface area contributed by atoms with E-state index in [0.717, 1.165) is 0 Å². The van der Waals surface area contributed by atoms with Crippen LogP contribution in [0.25, 0.3) is 5.69 Å². The molecule has 39 heavy (non-hydrogen) atoms. The van der Waals surface area contributed by atoms with Crippen LogP contribution in [0.5, 0.6) is 23.0 Å². The average Bonchev–Trinajstić information content (AvgIpc) is 3.63. The van der Waals surface area contributed by atoms with Gasteiger partial charge in [0.15, 0.2) is 27.6 Å². The van der Waals surface area contributed by atoms with E-state index in [1.807, 2.05) is 18.2 Å². The van der Waals surface area contributed by atoms with Gasteiger partial charge in [0, 0.05) is 17.1 Å². The Kier molecular flexibility index (Phi) is 9.22. The molecule has 0 aliphatic heterocycles. The molecule has 4 aromatic rings. The second-order valence-electron chi connectivity index (χ2n) is 7.68. The zero-order chi connectivity index (χ0) is 27.8. The number of benzene rings is 2. The molecule has 0 bridgehead atoms. The highest BCUT2D eigenvalue weighted by Gasteiger charge is 2.21. The topological polar surface area (TPSA) is 139 Å². The van der Waals surface area contributed by atoms with E-state index < -0.39 is 0 Å². The largest absolute Gasteiger partial charge is 0.495 e. The molecule has 204 valence electrons. The Morgan fingerprint density at radius 3 is 2.33 bits per heavy atom. The quantitative estimate of drug-likeness (QED) is 0.244. The van der Waals surface area contributed by atoms with Gasteiger partial charge in [-0.3, -0.25) is 14.2 Å². The molecule has 14 heteroatoms. The maximum Gasteiger partial charge on any atom is 0.251 e. The van der Waals surface area contributed by atoms with Crippen molar-refractivity contribution < 1.29 is 28.5 Å². The minimum absolute atomic E-state index is 0.0341. The number of hydrogen-bond acceptors (Lipinski definition) is 11. The molecule has 2 amide bonds. The summed E-state index contributed by atoms with van der Waals surface area (Å²) in [5.74, 6) is 1.55. The third kappa shape index (κ3) is 6.41. The van der Waals surface area contributed by atoms with Crippen molar-refractivity contribution in [3.8, 4) is 28.7 Å². The lowest BCUT2D eigenvalue weighted by atomic mass is 10.1. The molecule has 0 saturated heterocycles. The summed E-state index contributed by atoms with van der Waals surface area (Å²) in [7, 11) is 6.00. The molecular weight excluding hydrogens is 544 g/mol. The molecule has 0 atom stereocenters. The number of hydrogen-bond donors (Lipinski definition) is 2. The SMILES string of the molecule is COc1ccccc1-n1c(CNC(=O)c2cc(OC)c(OC)c(OC)c2)nnc1SCC(=O)Nc1nccs1. The standard InChI is InChI=1S/C25H26N6O6S2/c1-34-17-8-6-5-7-16(17)31-20(29-30-25(31)39-14-21(32)28-24-26-9-10-38-24)13-27-23(33)15-11-18(35-2)22(37-4)19(12-15)36-3/h5-12H,13-14H2,1-4H3,(H,27,33)(H,26,28,32). The zero-order valence-electron chi connectivity index (χ0n) is 21.6. The lowest BCUT2D eigenvalue weighted by molar-refractivity contribution is -0.113. The molecule has 0 spiro atoms. The minimum Gasteiger partial charge on any atom is -0.495 e. The zero-order valence-corrected chi connectivity index (χ0v) is 23.2. The molecule has 2 heterocycles. The van der Waals surface area contributed by atoms with Gasteiger partial charge < -0.3 is 29.6 Å². The van der Waals surface area contributed by atoms with Gasteiger partial charge in [-0.15, -0.1) is 21.5 Å². The van der Waals surface area contributed by atoms with E-state index in [-0.39, 0.29) is 24.1 Å². The van der Waals surface area contributed by atoms with E-state index in [1.54, 1.807) is 41.5 Å². The molecule has 12 nitrogen and oxygen atoms in total. The Labute approximate surface area is 232 Å². The first kappa shape index (κ1) is 27.7. The average molecular weight is 571 g/mol. The molecule has 2 aromatic heterocycles. The molecule has 2 aromatic carbocycles. The number of nitrogens with one attached hydrogen (secondary N) is 2. The number of rotatable bonds is 12. The van der Waals surface area contributed by atoms with Gasteiger partial charge in [-0.2, -0.15) is 0 Å². The number of amides is 2. The van der Waals surface area contributed by atoms with Gasteiger partial charge >= 0.3 is 0 Å². The van der Waals surface area contributed by atoms with Gasteiger partial charge in [0.05, 0.1) is 46.4 Å². The molecule has 0 saturated carbocycles. The number of anilines is 1. The monoisotopic (exact) mass is 570 g/mol. The van der Waals surface area contributed by atoms with Crippen LogP contribution in [0.4, 0.5) is 5.13 Å². The lowest BCUT2D eigenvalue weighted by Crippen LogP contribution is -2.25. The van der Waals surface area contributed by atoms with Crippen molar-refractivity contribution in [1.82, 2.24) is 25.1 Å². The normalized spacial score (nSPS) is 10.6. The van der Waals surface area contributed by atoms with Crippen LogP contribution in [0.15, 0.2) is 53.1 Å². The Morgan fingerprint density at radius 2 is 1.69 bits per heavy atom. The second-order valence-corrected chi connectivity index (χ2v) is 9.51. The summed E-state index contributed by atoms with van der Waals surface area (Å²) in [4.78, 5) is 29.6. The predicted molar refractivity (Wildman–Crippen MR) is 147 cm³/mol. The first-order chi connectivity index (χ1) is 19.0. The summed E-state index contributed by atoms with van der Waals surface area (Å²) < 4.78 is 23.3. The molecule has 0 aliphatic rings. The van der Waals surface area contributed by atoms with Crippen LogP contribution >= 0.6 is 23.1 Å². The van der Waals surface area contributed by atoms with E-state index in [2.05, 4.69) is 25.8 Å². The van der Waals surface area contributed by atoms with Gasteiger partial charge in [-0.25, -0.2) is 4.98 Å². The molecule has 0 aliphatic carbocycles. The van der Waals surface area contributed by atoms with Crippen LogP contribution in [0.2, 0.25) is 0 Å². The Balaban J connectivity index is 1.57. The highest BCUT2D eigenvalue weighted by Crippen LogP contribution is 2.38. The van der Waals surface area contributed by atoms with Crippen molar-refractivity contribution in [1.29, 1.82) is 0 Å². The molecular formula is C25H26N6O6S2. The summed E-state index contributed by atoms with van der Waals surface area (Å²) in [5.41, 5.74) is 0.964. The first-order valence-corrected chi connectivity index (χ1v) is 13.3. The van der Waals surface area contributed by atoms with Crippen molar-refractivity contribution in [2.75, 3.05) is 39.5 Å². The van der Waals surface area contributed by atoms with Gasteiger partial charge in [-0.1, -0.05) is 23.9 Å². The van der Waals surface area contributed by atoms with Crippen LogP contribution in [0, 0.1) is 0 Å². The number of thioether (sulfide) groups is 1. The van der Waals surface area contributed by atoms with Crippen LogP contribution in [-0.2, 0) is 11.3 Å². The highest BCUT2D eigenvalue weighted by atomic mass is 32.2. The Bertz CT molecular complexity index is 1420. The summed E-state index contributed by atoms with van der Waals surface area (Å²) in [5, 5.41) is 16.9.